The van der Waals surface area contributed by atoms with Crippen LogP contribution in [-0.2, 0) is 4.79 Å². The first kappa shape index (κ1) is 11.1. The molecule has 1 atom stereocenters. The molecule has 0 aliphatic carbocycles. The van der Waals surface area contributed by atoms with Gasteiger partial charge in [0, 0.05) is 12.0 Å². The van der Waals surface area contributed by atoms with Gasteiger partial charge in [-0.05, 0) is 25.6 Å². The van der Waals surface area contributed by atoms with Crippen molar-refractivity contribution in [2.24, 2.45) is 0 Å². The van der Waals surface area contributed by atoms with Crippen LogP contribution in [0.5, 0.6) is 5.75 Å². The molecular formula is C13H17NO2. The number of hydrogen-bond acceptors (Lipinski definition) is 3. The molecule has 0 radical (unpaired) electrons. The van der Waals surface area contributed by atoms with Crippen LogP contribution in [0, 0.1) is 0 Å². The Kier molecular flexibility index (Phi) is 3.25. The molecule has 1 heterocycles. The summed E-state index contributed by atoms with van der Waals surface area (Å²) < 4.78 is 0. The zero-order chi connectivity index (χ0) is 11.5. The largest absolute Gasteiger partial charge is 0.508 e. The molecule has 0 bridgehead atoms. The van der Waals surface area contributed by atoms with Gasteiger partial charge in [0.15, 0.2) is 5.78 Å². The fourth-order valence-corrected chi connectivity index (χ4v) is 2.36. The smallest absolute Gasteiger partial charge is 0.154 e. The maximum Gasteiger partial charge on any atom is 0.154 e. The number of benzene rings is 1. The Morgan fingerprint density at radius 1 is 1.44 bits per heavy atom. The van der Waals surface area contributed by atoms with Gasteiger partial charge in [-0.1, -0.05) is 25.1 Å². The molecule has 0 saturated carbocycles. The summed E-state index contributed by atoms with van der Waals surface area (Å²) in [6.45, 7) is 3.82. The van der Waals surface area contributed by atoms with Crippen LogP contribution in [0.1, 0.15) is 31.4 Å². The summed E-state index contributed by atoms with van der Waals surface area (Å²) in [6, 6.07) is 6.88. The zero-order valence-corrected chi connectivity index (χ0v) is 9.52. The molecule has 1 aliphatic rings. The minimum Gasteiger partial charge on any atom is -0.508 e. The maximum atomic E-state index is 12.0. The predicted molar refractivity (Wildman–Crippen MR) is 62.3 cm³/mol. The van der Waals surface area contributed by atoms with E-state index in [4.69, 9.17) is 0 Å². The highest BCUT2D eigenvalue weighted by Crippen LogP contribution is 2.32. The van der Waals surface area contributed by atoms with Crippen molar-refractivity contribution in [3.05, 3.63) is 29.8 Å². The molecule has 0 amide bonds. The second-order valence-corrected chi connectivity index (χ2v) is 4.16. The van der Waals surface area contributed by atoms with Crippen molar-refractivity contribution in [2.75, 3.05) is 13.1 Å². The van der Waals surface area contributed by atoms with E-state index in [1.54, 1.807) is 12.1 Å². The van der Waals surface area contributed by atoms with E-state index >= 15 is 0 Å². The summed E-state index contributed by atoms with van der Waals surface area (Å²) in [6.07, 6.45) is 1.55. The predicted octanol–water partition coefficient (Wildman–Crippen LogP) is 2.12. The van der Waals surface area contributed by atoms with Crippen LogP contribution < -0.4 is 0 Å². The lowest BCUT2D eigenvalue weighted by atomic mass is 9.93. The van der Waals surface area contributed by atoms with Gasteiger partial charge < -0.3 is 5.11 Å². The van der Waals surface area contributed by atoms with Gasteiger partial charge in [0.2, 0.25) is 0 Å². The summed E-state index contributed by atoms with van der Waals surface area (Å²) >= 11 is 0. The minimum absolute atomic E-state index is 0.217. The number of para-hydroxylation sites is 1. The number of phenolic OH excluding ortho intramolecular Hbond substituents is 1. The van der Waals surface area contributed by atoms with E-state index in [2.05, 4.69) is 4.90 Å². The van der Waals surface area contributed by atoms with Crippen molar-refractivity contribution in [3.63, 3.8) is 0 Å². The van der Waals surface area contributed by atoms with Gasteiger partial charge in [-0.2, -0.15) is 0 Å². The van der Waals surface area contributed by atoms with Crippen LogP contribution in [0.3, 0.4) is 0 Å². The number of ketones is 1. The molecule has 0 spiro atoms. The standard InChI is InChI=1S/C13H17NO2/c1-2-14-9-5-8-12(16)13(14)10-6-3-4-7-11(10)15/h3-4,6-7,13,15H,2,5,8-9H2,1H3. The molecule has 2 rings (SSSR count). The zero-order valence-electron chi connectivity index (χ0n) is 9.52. The lowest BCUT2D eigenvalue weighted by Crippen LogP contribution is -2.39. The molecular weight excluding hydrogens is 202 g/mol. The van der Waals surface area contributed by atoms with Crippen molar-refractivity contribution < 1.29 is 9.90 Å². The summed E-state index contributed by atoms with van der Waals surface area (Å²) in [7, 11) is 0. The van der Waals surface area contributed by atoms with Gasteiger partial charge in [-0.15, -0.1) is 0 Å². The molecule has 1 unspecified atom stereocenters. The average molecular weight is 219 g/mol. The molecule has 1 aromatic carbocycles. The molecule has 1 N–H and O–H groups in total. The Morgan fingerprint density at radius 3 is 2.88 bits per heavy atom. The minimum atomic E-state index is -0.250. The third kappa shape index (κ3) is 1.95. The molecule has 1 saturated heterocycles. The lowest BCUT2D eigenvalue weighted by molar-refractivity contribution is -0.127. The van der Waals surface area contributed by atoms with Crippen molar-refractivity contribution in [3.8, 4) is 5.75 Å². The summed E-state index contributed by atoms with van der Waals surface area (Å²) in [4.78, 5) is 14.1. The normalized spacial score (nSPS) is 22.3. The monoisotopic (exact) mass is 219 g/mol. The van der Waals surface area contributed by atoms with E-state index in [0.717, 1.165) is 25.1 Å². The maximum absolute atomic E-state index is 12.0. The fourth-order valence-electron chi connectivity index (χ4n) is 2.36. The SMILES string of the molecule is CCN1CCCC(=O)C1c1ccccc1O. The number of phenols is 1. The van der Waals surface area contributed by atoms with Crippen LogP contribution in [0.2, 0.25) is 0 Å². The molecule has 1 aromatic rings. The molecule has 3 nitrogen and oxygen atoms in total. The first-order chi connectivity index (χ1) is 7.74. The number of aromatic hydroxyl groups is 1. The quantitative estimate of drug-likeness (QED) is 0.828. The Balaban J connectivity index is 2.36. The highest BCUT2D eigenvalue weighted by Gasteiger charge is 2.31. The van der Waals surface area contributed by atoms with Gasteiger partial charge in [0.05, 0.1) is 6.04 Å². The second-order valence-electron chi connectivity index (χ2n) is 4.16. The number of Topliss-reactive ketones (excluding diaryl/α,β-unsaturated/α-hetero) is 1. The van der Waals surface area contributed by atoms with Crippen molar-refractivity contribution in [1.82, 2.24) is 4.90 Å². The van der Waals surface area contributed by atoms with Crippen molar-refractivity contribution in [1.29, 1.82) is 0 Å². The number of rotatable bonds is 2. The summed E-state index contributed by atoms with van der Waals surface area (Å²) in [5, 5.41) is 9.81. The topological polar surface area (TPSA) is 40.5 Å². The molecule has 3 heteroatoms. The molecule has 1 aliphatic heterocycles. The number of carbonyl (C=O) groups is 1. The Labute approximate surface area is 95.7 Å². The van der Waals surface area contributed by atoms with E-state index < -0.39 is 0 Å². The Bertz CT molecular complexity index is 389. The Morgan fingerprint density at radius 2 is 2.19 bits per heavy atom. The van der Waals surface area contributed by atoms with Crippen LogP contribution in [-0.4, -0.2) is 28.9 Å². The number of piperidine rings is 1. The van der Waals surface area contributed by atoms with Crippen molar-refractivity contribution in [2.45, 2.75) is 25.8 Å². The first-order valence-corrected chi connectivity index (χ1v) is 5.78. The number of nitrogens with zero attached hydrogens (tertiary/aromatic N) is 1. The van der Waals surface area contributed by atoms with Crippen molar-refractivity contribution >= 4 is 5.78 Å². The molecule has 86 valence electrons. The number of likely N-dealkylation sites (N-methyl/N-ethyl adjacent to an activating group) is 1. The van der Waals surface area contributed by atoms with Gasteiger partial charge in [0.25, 0.3) is 0 Å². The van der Waals surface area contributed by atoms with Crippen LogP contribution in [0.25, 0.3) is 0 Å². The van der Waals surface area contributed by atoms with E-state index in [1.807, 2.05) is 19.1 Å². The molecule has 16 heavy (non-hydrogen) atoms. The van der Waals surface area contributed by atoms with E-state index in [9.17, 15) is 9.90 Å². The fraction of sp³-hybridized carbons (Fsp3) is 0.462. The molecule has 1 fully saturated rings. The number of hydrogen-bond donors (Lipinski definition) is 1. The lowest BCUT2D eigenvalue weighted by Gasteiger charge is -2.34. The first-order valence-electron chi connectivity index (χ1n) is 5.78. The van der Waals surface area contributed by atoms with Crippen LogP contribution >= 0.6 is 0 Å². The molecule has 0 aromatic heterocycles. The highest BCUT2D eigenvalue weighted by molar-refractivity contribution is 5.86. The average Bonchev–Trinajstić information content (AvgIpc) is 2.30. The second kappa shape index (κ2) is 4.66. The summed E-state index contributed by atoms with van der Waals surface area (Å²) in [5.74, 6) is 0.441. The van der Waals surface area contributed by atoms with Gasteiger partial charge in [-0.25, -0.2) is 0 Å². The van der Waals surface area contributed by atoms with E-state index in [0.29, 0.717) is 6.42 Å². The third-order valence-corrected chi connectivity index (χ3v) is 3.18. The third-order valence-electron chi connectivity index (χ3n) is 3.18. The van der Waals surface area contributed by atoms with Crippen LogP contribution in [0.4, 0.5) is 0 Å². The highest BCUT2D eigenvalue weighted by atomic mass is 16.3. The van der Waals surface area contributed by atoms with Gasteiger partial charge in [-0.3, -0.25) is 9.69 Å². The van der Waals surface area contributed by atoms with Gasteiger partial charge >= 0.3 is 0 Å². The van der Waals surface area contributed by atoms with E-state index in [1.165, 1.54) is 0 Å². The van der Waals surface area contributed by atoms with Gasteiger partial charge in [0.1, 0.15) is 5.75 Å². The summed E-state index contributed by atoms with van der Waals surface area (Å²) in [5.41, 5.74) is 0.744. The Hall–Kier alpha value is -1.35. The number of carbonyl (C=O) groups excluding carboxylic acids is 1. The number of likely N-dealkylation sites (tertiary alicyclic amines) is 1. The van der Waals surface area contributed by atoms with Crippen LogP contribution in [0.15, 0.2) is 24.3 Å². The van der Waals surface area contributed by atoms with E-state index in [-0.39, 0.29) is 17.6 Å².